The van der Waals surface area contributed by atoms with Crippen molar-refractivity contribution in [1.29, 1.82) is 0 Å². The molecule has 1 amide bonds. The lowest BCUT2D eigenvalue weighted by Crippen LogP contribution is -2.27. The molecular weight excluding hydrogens is 328 g/mol. The number of amides is 1. The highest BCUT2D eigenvalue weighted by Gasteiger charge is 2.14. The van der Waals surface area contributed by atoms with E-state index in [1.807, 2.05) is 42.5 Å². The van der Waals surface area contributed by atoms with E-state index in [4.69, 9.17) is 11.6 Å². The van der Waals surface area contributed by atoms with Crippen molar-refractivity contribution in [3.05, 3.63) is 52.4 Å². The van der Waals surface area contributed by atoms with Crippen LogP contribution in [0.1, 0.15) is 24.2 Å². The van der Waals surface area contributed by atoms with Crippen LogP contribution in [0.4, 0.5) is 0 Å². The van der Waals surface area contributed by atoms with Gasteiger partial charge in [-0.05, 0) is 30.2 Å². The van der Waals surface area contributed by atoms with Gasteiger partial charge in [-0.15, -0.1) is 11.3 Å². The second-order valence-electron chi connectivity index (χ2n) is 5.78. The van der Waals surface area contributed by atoms with E-state index < -0.39 is 0 Å². The van der Waals surface area contributed by atoms with E-state index in [-0.39, 0.29) is 5.91 Å². The molecule has 0 bridgehead atoms. The van der Waals surface area contributed by atoms with Gasteiger partial charge in [-0.25, -0.2) is 4.98 Å². The first-order valence-electron chi connectivity index (χ1n) is 7.48. The Morgan fingerprint density at radius 3 is 2.74 bits per heavy atom. The largest absolute Gasteiger partial charge is 0.352 e. The van der Waals surface area contributed by atoms with Crippen molar-refractivity contribution in [1.82, 2.24) is 10.3 Å². The van der Waals surface area contributed by atoms with Gasteiger partial charge in [0.15, 0.2) is 0 Å². The lowest BCUT2D eigenvalue weighted by molar-refractivity contribution is 0.0950. The molecule has 0 saturated heterocycles. The number of benzene rings is 1. The smallest absolute Gasteiger partial charge is 0.252 e. The molecule has 1 aromatic carbocycles. The van der Waals surface area contributed by atoms with Crippen molar-refractivity contribution in [3.63, 3.8) is 0 Å². The lowest BCUT2D eigenvalue weighted by Gasteiger charge is -2.11. The molecule has 0 atom stereocenters. The zero-order valence-electron chi connectivity index (χ0n) is 13.0. The monoisotopic (exact) mass is 344 g/mol. The zero-order valence-corrected chi connectivity index (χ0v) is 14.5. The van der Waals surface area contributed by atoms with Gasteiger partial charge in [0, 0.05) is 11.9 Å². The van der Waals surface area contributed by atoms with E-state index in [2.05, 4.69) is 24.1 Å². The number of thiophene rings is 1. The highest BCUT2D eigenvalue weighted by atomic mass is 35.5. The summed E-state index contributed by atoms with van der Waals surface area (Å²) in [5, 5.41) is 3.85. The van der Waals surface area contributed by atoms with Crippen LogP contribution in [0.3, 0.4) is 0 Å². The van der Waals surface area contributed by atoms with Crippen molar-refractivity contribution < 1.29 is 4.79 Å². The molecule has 0 saturated carbocycles. The maximum absolute atomic E-state index is 12.6. The van der Waals surface area contributed by atoms with Crippen LogP contribution < -0.4 is 5.32 Å². The van der Waals surface area contributed by atoms with Crippen LogP contribution in [0, 0.1) is 5.92 Å². The van der Waals surface area contributed by atoms with Crippen LogP contribution in [0.25, 0.3) is 21.5 Å². The Hall–Kier alpha value is -1.91. The van der Waals surface area contributed by atoms with E-state index >= 15 is 0 Å². The standard InChI is InChI=1S/C18H17ClN2OS/c1-11(2)10-20-18(22)13-9-15(16-7-8-17(19)23-16)21-14-6-4-3-5-12(13)14/h3-9,11H,10H2,1-2H3,(H,20,22). The SMILES string of the molecule is CC(C)CNC(=O)c1cc(-c2ccc(Cl)s2)nc2ccccc12. The number of carbonyl (C=O) groups excluding carboxylic acids is 1. The first-order chi connectivity index (χ1) is 11.0. The van der Waals surface area contributed by atoms with E-state index in [1.165, 1.54) is 11.3 Å². The first kappa shape index (κ1) is 16.0. The number of fused-ring (bicyclic) bond motifs is 1. The summed E-state index contributed by atoms with van der Waals surface area (Å²) in [6, 6.07) is 13.3. The van der Waals surface area contributed by atoms with Gasteiger partial charge in [-0.2, -0.15) is 0 Å². The number of carbonyl (C=O) groups is 1. The Bertz CT molecular complexity index is 857. The number of halogens is 1. The lowest BCUT2D eigenvalue weighted by atomic mass is 10.1. The summed E-state index contributed by atoms with van der Waals surface area (Å²) in [5.74, 6) is 0.337. The quantitative estimate of drug-likeness (QED) is 0.723. The fourth-order valence-corrected chi connectivity index (χ4v) is 3.34. The van der Waals surface area contributed by atoms with Crippen molar-refractivity contribution in [2.24, 2.45) is 5.92 Å². The average Bonchev–Trinajstić information content (AvgIpc) is 2.98. The molecule has 0 aliphatic carbocycles. The van der Waals surface area contributed by atoms with E-state index in [9.17, 15) is 4.79 Å². The molecule has 2 heterocycles. The van der Waals surface area contributed by atoms with Crippen molar-refractivity contribution in [2.45, 2.75) is 13.8 Å². The van der Waals surface area contributed by atoms with Crippen LogP contribution in [-0.2, 0) is 0 Å². The topological polar surface area (TPSA) is 42.0 Å². The molecular formula is C18H17ClN2OS. The summed E-state index contributed by atoms with van der Waals surface area (Å²) < 4.78 is 0.709. The van der Waals surface area contributed by atoms with Crippen LogP contribution in [0.15, 0.2) is 42.5 Å². The van der Waals surface area contributed by atoms with Gasteiger partial charge in [0.05, 0.1) is 26.0 Å². The first-order valence-corrected chi connectivity index (χ1v) is 8.67. The molecule has 5 heteroatoms. The van der Waals surface area contributed by atoms with Gasteiger partial charge in [0.25, 0.3) is 5.91 Å². The summed E-state index contributed by atoms with van der Waals surface area (Å²) in [6.45, 7) is 4.80. The third-order valence-electron chi connectivity index (χ3n) is 3.46. The third-order valence-corrected chi connectivity index (χ3v) is 4.71. The number of rotatable bonds is 4. The predicted molar refractivity (Wildman–Crippen MR) is 97.2 cm³/mol. The number of nitrogens with one attached hydrogen (secondary N) is 1. The molecule has 3 aromatic rings. The van der Waals surface area contributed by atoms with Gasteiger partial charge in [-0.3, -0.25) is 4.79 Å². The minimum absolute atomic E-state index is 0.0683. The molecule has 1 N–H and O–H groups in total. The molecule has 3 rings (SSSR count). The van der Waals surface area contributed by atoms with Gasteiger partial charge in [0.2, 0.25) is 0 Å². The molecule has 2 aromatic heterocycles. The Labute approximate surface area is 144 Å². The van der Waals surface area contributed by atoms with Crippen molar-refractivity contribution >= 4 is 39.7 Å². The van der Waals surface area contributed by atoms with Gasteiger partial charge < -0.3 is 5.32 Å². The Morgan fingerprint density at radius 2 is 2.04 bits per heavy atom. The Balaban J connectivity index is 2.09. The maximum Gasteiger partial charge on any atom is 0.252 e. The van der Waals surface area contributed by atoms with Crippen LogP contribution in [0.2, 0.25) is 4.34 Å². The number of pyridine rings is 1. The summed E-state index contributed by atoms with van der Waals surface area (Å²) in [4.78, 5) is 18.2. The second kappa shape index (κ2) is 6.69. The maximum atomic E-state index is 12.6. The third kappa shape index (κ3) is 3.54. The zero-order chi connectivity index (χ0) is 16.4. The molecule has 0 unspecified atom stereocenters. The molecule has 0 fully saturated rings. The van der Waals surface area contributed by atoms with E-state index in [1.54, 1.807) is 0 Å². The molecule has 0 spiro atoms. The molecule has 0 aliphatic heterocycles. The molecule has 23 heavy (non-hydrogen) atoms. The summed E-state index contributed by atoms with van der Waals surface area (Å²) >= 11 is 7.49. The molecule has 0 aliphatic rings. The Kier molecular flexibility index (Phi) is 4.64. The minimum atomic E-state index is -0.0683. The van der Waals surface area contributed by atoms with Crippen LogP contribution >= 0.6 is 22.9 Å². The number of aromatic nitrogens is 1. The van der Waals surface area contributed by atoms with Crippen LogP contribution in [0.5, 0.6) is 0 Å². The Morgan fingerprint density at radius 1 is 1.26 bits per heavy atom. The normalized spacial score (nSPS) is 11.1. The van der Waals surface area contributed by atoms with E-state index in [0.717, 1.165) is 21.5 Å². The van der Waals surface area contributed by atoms with Gasteiger partial charge >= 0.3 is 0 Å². The highest BCUT2D eigenvalue weighted by Crippen LogP contribution is 2.32. The minimum Gasteiger partial charge on any atom is -0.352 e. The summed E-state index contributed by atoms with van der Waals surface area (Å²) in [6.07, 6.45) is 0. The fraction of sp³-hybridized carbons (Fsp3) is 0.222. The van der Waals surface area contributed by atoms with E-state index in [0.29, 0.717) is 22.4 Å². The van der Waals surface area contributed by atoms with Gasteiger partial charge in [-0.1, -0.05) is 43.6 Å². The van der Waals surface area contributed by atoms with Gasteiger partial charge in [0.1, 0.15) is 0 Å². The number of hydrogen-bond donors (Lipinski definition) is 1. The number of hydrogen-bond acceptors (Lipinski definition) is 3. The van der Waals surface area contributed by atoms with Crippen molar-refractivity contribution in [2.75, 3.05) is 6.54 Å². The summed E-state index contributed by atoms with van der Waals surface area (Å²) in [7, 11) is 0. The second-order valence-corrected chi connectivity index (χ2v) is 7.49. The number of para-hydroxylation sites is 1. The molecule has 3 nitrogen and oxygen atoms in total. The van der Waals surface area contributed by atoms with Crippen molar-refractivity contribution in [3.8, 4) is 10.6 Å². The fourth-order valence-electron chi connectivity index (χ4n) is 2.33. The summed E-state index contributed by atoms with van der Waals surface area (Å²) in [5.41, 5.74) is 2.23. The molecule has 0 radical (unpaired) electrons. The average molecular weight is 345 g/mol. The molecule has 118 valence electrons. The number of nitrogens with zero attached hydrogens (tertiary/aromatic N) is 1. The highest BCUT2D eigenvalue weighted by molar-refractivity contribution is 7.19. The predicted octanol–water partition coefficient (Wildman–Crippen LogP) is 5.00. The van der Waals surface area contributed by atoms with Crippen LogP contribution in [-0.4, -0.2) is 17.4 Å².